The quantitative estimate of drug-likeness (QED) is 0.480. The predicted molar refractivity (Wildman–Crippen MR) is 75.0 cm³/mol. The van der Waals surface area contributed by atoms with Gasteiger partial charge in [0, 0.05) is 0 Å². The third-order valence-corrected chi connectivity index (χ3v) is 2.70. The van der Waals surface area contributed by atoms with E-state index in [1.165, 1.54) is 0 Å². The average molecular weight is 262 g/mol. The normalized spacial score (nSPS) is 11.4. The highest BCUT2D eigenvalue weighted by molar-refractivity contribution is 6.06. The Morgan fingerprint density at radius 3 is 2.45 bits per heavy atom. The molecule has 0 spiro atoms. The first-order chi connectivity index (χ1) is 9.67. The second kappa shape index (κ2) is 5.98. The minimum Gasteiger partial charge on any atom is -0.565 e. The van der Waals surface area contributed by atoms with E-state index in [-0.39, 0.29) is 11.3 Å². The van der Waals surface area contributed by atoms with E-state index in [2.05, 4.69) is 21.3 Å². The van der Waals surface area contributed by atoms with E-state index in [4.69, 9.17) is 12.7 Å². The number of aryl methyl sites for hydroxylation is 2. The van der Waals surface area contributed by atoms with E-state index in [1.807, 2.05) is 18.2 Å². The summed E-state index contributed by atoms with van der Waals surface area (Å²) >= 11 is 0. The molecule has 5 nitrogen and oxygen atoms in total. The van der Waals surface area contributed by atoms with E-state index in [0.717, 1.165) is 0 Å². The third-order valence-electron chi connectivity index (χ3n) is 2.70. The zero-order valence-electron chi connectivity index (χ0n) is 11.2. The first-order valence-corrected chi connectivity index (χ1v) is 5.92. The van der Waals surface area contributed by atoms with Gasteiger partial charge in [-0.3, -0.25) is 0 Å². The molecule has 1 aromatic heterocycles. The lowest BCUT2D eigenvalue weighted by molar-refractivity contribution is 0.565. The summed E-state index contributed by atoms with van der Waals surface area (Å²) in [6.45, 7) is 3.49. The van der Waals surface area contributed by atoms with Crippen LogP contribution in [0.3, 0.4) is 0 Å². The number of benzene rings is 1. The maximum atomic E-state index is 9.38. The van der Waals surface area contributed by atoms with Crippen molar-refractivity contribution in [1.29, 1.82) is 5.26 Å². The van der Waals surface area contributed by atoms with Crippen LogP contribution < -0.4 is 0 Å². The van der Waals surface area contributed by atoms with Gasteiger partial charge in [-0.2, -0.15) is 5.26 Å². The van der Waals surface area contributed by atoms with Gasteiger partial charge in [-0.25, -0.2) is 4.98 Å². The number of allylic oxidation sites excluding steroid dienone is 1. The molecular weight excluding hydrogens is 251 g/mol. The Hall–Kier alpha value is -2.68. The number of hydrogen-bond acceptors (Lipinski definition) is 5. The number of nitriles is 1. The van der Waals surface area contributed by atoms with Gasteiger partial charge in [0.05, 0.1) is 5.69 Å². The molecule has 1 heterocycles. The van der Waals surface area contributed by atoms with Crippen LogP contribution >= 0.6 is 0 Å². The van der Waals surface area contributed by atoms with Gasteiger partial charge in [-0.05, 0) is 19.4 Å². The molecule has 2 aromatic rings. The van der Waals surface area contributed by atoms with Crippen molar-refractivity contribution < 1.29 is 4.65 Å². The van der Waals surface area contributed by atoms with Crippen LogP contribution in [0.5, 0.6) is 0 Å². The third kappa shape index (κ3) is 2.67. The lowest BCUT2D eigenvalue weighted by atomic mass is 10.0. The van der Waals surface area contributed by atoms with Crippen LogP contribution in [0.25, 0.3) is 11.3 Å². The van der Waals surface area contributed by atoms with Crippen LogP contribution in [0.15, 0.2) is 30.3 Å². The van der Waals surface area contributed by atoms with Crippen molar-refractivity contribution in [3.63, 3.8) is 0 Å². The SMILES string of the molecule is [B]OC(=C(C#N)c1ccccc1)c1nnc(C)nc1C. The van der Waals surface area contributed by atoms with Crippen LogP contribution in [-0.4, -0.2) is 23.2 Å². The summed E-state index contributed by atoms with van der Waals surface area (Å²) in [5.74, 6) is 0.706. The van der Waals surface area contributed by atoms with Crippen LogP contribution in [0.4, 0.5) is 0 Å². The summed E-state index contributed by atoms with van der Waals surface area (Å²) < 4.78 is 4.88. The molecule has 0 aliphatic carbocycles. The van der Waals surface area contributed by atoms with Gasteiger partial charge in [0.1, 0.15) is 28.9 Å². The van der Waals surface area contributed by atoms with E-state index >= 15 is 0 Å². The van der Waals surface area contributed by atoms with Crippen molar-refractivity contribution in [2.75, 3.05) is 0 Å². The molecule has 0 saturated carbocycles. The summed E-state index contributed by atoms with van der Waals surface area (Å²) in [7, 11) is 5.32. The maximum absolute atomic E-state index is 9.38. The Bertz CT molecular complexity index is 692. The Kier molecular flexibility index (Phi) is 4.11. The molecule has 0 amide bonds. The number of aromatic nitrogens is 3. The summed E-state index contributed by atoms with van der Waals surface area (Å²) in [6, 6.07) is 11.2. The molecule has 0 N–H and O–H groups in total. The molecule has 0 fully saturated rings. The number of hydrogen-bond donors (Lipinski definition) is 0. The van der Waals surface area contributed by atoms with Crippen molar-refractivity contribution in [3.05, 3.63) is 53.1 Å². The van der Waals surface area contributed by atoms with Gasteiger partial charge in [0.25, 0.3) is 0 Å². The zero-order chi connectivity index (χ0) is 14.5. The van der Waals surface area contributed by atoms with E-state index in [1.54, 1.807) is 26.0 Å². The van der Waals surface area contributed by atoms with Gasteiger partial charge in [0.2, 0.25) is 0 Å². The van der Waals surface area contributed by atoms with E-state index in [9.17, 15) is 5.26 Å². The monoisotopic (exact) mass is 262 g/mol. The summed E-state index contributed by atoms with van der Waals surface area (Å²) in [4.78, 5) is 4.20. The molecule has 1 aromatic carbocycles. The predicted octanol–water partition coefficient (Wildman–Crippen LogP) is 1.98. The Morgan fingerprint density at radius 1 is 1.20 bits per heavy atom. The second-order valence-corrected chi connectivity index (χ2v) is 4.09. The zero-order valence-corrected chi connectivity index (χ0v) is 11.2. The number of rotatable bonds is 3. The fourth-order valence-electron chi connectivity index (χ4n) is 1.81. The van der Waals surface area contributed by atoms with Crippen molar-refractivity contribution in [1.82, 2.24) is 15.2 Å². The van der Waals surface area contributed by atoms with Gasteiger partial charge < -0.3 is 4.65 Å². The Labute approximate surface area is 118 Å². The Balaban J connectivity index is 2.65. The van der Waals surface area contributed by atoms with Crippen LogP contribution in [0.1, 0.15) is 22.8 Å². The van der Waals surface area contributed by atoms with Crippen molar-refractivity contribution in [2.24, 2.45) is 0 Å². The van der Waals surface area contributed by atoms with E-state index < -0.39 is 0 Å². The molecule has 0 saturated heterocycles. The lowest BCUT2D eigenvalue weighted by Gasteiger charge is -2.11. The largest absolute Gasteiger partial charge is 0.565 e. The van der Waals surface area contributed by atoms with Gasteiger partial charge >= 0.3 is 8.05 Å². The van der Waals surface area contributed by atoms with Crippen molar-refractivity contribution in [3.8, 4) is 6.07 Å². The van der Waals surface area contributed by atoms with Gasteiger partial charge in [0.15, 0.2) is 0 Å². The van der Waals surface area contributed by atoms with Crippen LogP contribution in [-0.2, 0) is 4.65 Å². The minimum absolute atomic E-state index is 0.163. The van der Waals surface area contributed by atoms with Gasteiger partial charge in [-0.1, -0.05) is 30.3 Å². The average Bonchev–Trinajstić information content (AvgIpc) is 2.46. The minimum atomic E-state index is 0.163. The summed E-state index contributed by atoms with van der Waals surface area (Å²) in [5, 5.41) is 17.3. The molecule has 0 unspecified atom stereocenters. The highest BCUT2D eigenvalue weighted by atomic mass is 16.4. The molecule has 2 rings (SSSR count). The molecular formula is C14H11BN4O. The molecule has 20 heavy (non-hydrogen) atoms. The molecule has 0 aliphatic rings. The fourth-order valence-corrected chi connectivity index (χ4v) is 1.81. The highest BCUT2D eigenvalue weighted by Crippen LogP contribution is 2.26. The Morgan fingerprint density at radius 2 is 1.90 bits per heavy atom. The lowest BCUT2D eigenvalue weighted by Crippen LogP contribution is -2.05. The summed E-state index contributed by atoms with van der Waals surface area (Å²) in [5.41, 5.74) is 1.94. The summed E-state index contributed by atoms with van der Waals surface area (Å²) in [6.07, 6.45) is 0. The molecule has 0 bridgehead atoms. The molecule has 6 heteroatoms. The molecule has 2 radical (unpaired) electrons. The first kappa shape index (κ1) is 13.7. The standard InChI is InChI=1S/C14H11BN4O/c1-9-13(19-18-10(2)17-9)14(20-15)12(8-16)11-6-4-3-5-7-11/h3-7H,1-2H3. The fraction of sp³-hybridized carbons (Fsp3) is 0.143. The maximum Gasteiger partial charge on any atom is 0.374 e. The smallest absolute Gasteiger partial charge is 0.374 e. The van der Waals surface area contributed by atoms with Gasteiger partial charge in [-0.15, -0.1) is 10.2 Å². The topological polar surface area (TPSA) is 71.7 Å². The van der Waals surface area contributed by atoms with Crippen molar-refractivity contribution >= 4 is 19.4 Å². The first-order valence-electron chi connectivity index (χ1n) is 5.92. The molecule has 96 valence electrons. The van der Waals surface area contributed by atoms with Crippen LogP contribution in [0, 0.1) is 25.2 Å². The van der Waals surface area contributed by atoms with E-state index in [0.29, 0.717) is 22.8 Å². The van der Waals surface area contributed by atoms with Crippen molar-refractivity contribution in [2.45, 2.75) is 13.8 Å². The highest BCUT2D eigenvalue weighted by Gasteiger charge is 2.16. The van der Waals surface area contributed by atoms with Crippen LogP contribution in [0.2, 0.25) is 0 Å². The molecule has 0 aliphatic heterocycles. The molecule has 0 atom stereocenters. The number of nitrogens with zero attached hydrogens (tertiary/aromatic N) is 4. The second-order valence-electron chi connectivity index (χ2n) is 4.09.